The van der Waals surface area contributed by atoms with Gasteiger partial charge >= 0.3 is 0 Å². The van der Waals surface area contributed by atoms with Crippen molar-refractivity contribution in [3.8, 4) is 0 Å². The molecule has 1 N–H and O–H groups in total. The molecule has 0 radical (unpaired) electrons. The van der Waals surface area contributed by atoms with E-state index in [4.69, 9.17) is 11.6 Å². The number of nitrogens with zero attached hydrogens (tertiary/aromatic N) is 1. The summed E-state index contributed by atoms with van der Waals surface area (Å²) in [5.41, 5.74) is 1.13. The number of nitrogens with one attached hydrogen (secondary N) is 1. The number of amides is 1. The number of hydrogen-bond acceptors (Lipinski definition) is 4. The number of rotatable bonds is 4. The van der Waals surface area contributed by atoms with Gasteiger partial charge in [0, 0.05) is 24.5 Å². The predicted molar refractivity (Wildman–Crippen MR) is 101 cm³/mol. The van der Waals surface area contributed by atoms with Crippen LogP contribution < -0.4 is 10.2 Å². The fourth-order valence-corrected chi connectivity index (χ4v) is 5.00. The molecule has 1 fully saturated rings. The Labute approximate surface area is 156 Å². The highest BCUT2D eigenvalue weighted by molar-refractivity contribution is 7.91. The lowest BCUT2D eigenvalue weighted by Crippen LogP contribution is -2.32. The maximum absolute atomic E-state index is 13.8. The van der Waals surface area contributed by atoms with Crippen LogP contribution in [0.3, 0.4) is 0 Å². The molecular weight excluding hydrogens is 379 g/mol. The van der Waals surface area contributed by atoms with Gasteiger partial charge in [-0.15, -0.1) is 0 Å². The largest absolute Gasteiger partial charge is 0.371 e. The molecule has 1 heterocycles. The van der Waals surface area contributed by atoms with Gasteiger partial charge in [-0.1, -0.05) is 17.7 Å². The van der Waals surface area contributed by atoms with Gasteiger partial charge in [0.05, 0.1) is 22.1 Å². The van der Waals surface area contributed by atoms with Crippen molar-refractivity contribution in [1.82, 2.24) is 0 Å². The molecule has 1 saturated heterocycles. The Morgan fingerprint density at radius 1 is 1.23 bits per heavy atom. The van der Waals surface area contributed by atoms with Gasteiger partial charge in [0.1, 0.15) is 5.82 Å². The molecule has 138 valence electrons. The molecular formula is C18H18ClFN2O3S. The average Bonchev–Trinajstić information content (AvgIpc) is 2.95. The van der Waals surface area contributed by atoms with Crippen LogP contribution in [-0.2, 0) is 9.84 Å². The van der Waals surface area contributed by atoms with E-state index in [1.165, 1.54) is 18.2 Å². The first-order valence-corrected chi connectivity index (χ1v) is 10.3. The van der Waals surface area contributed by atoms with E-state index in [2.05, 4.69) is 5.32 Å². The van der Waals surface area contributed by atoms with Crippen molar-refractivity contribution in [2.45, 2.75) is 12.5 Å². The first-order valence-electron chi connectivity index (χ1n) is 8.05. The summed E-state index contributed by atoms with van der Waals surface area (Å²) >= 11 is 5.90. The molecule has 0 aromatic heterocycles. The lowest BCUT2D eigenvalue weighted by atomic mass is 10.1. The first-order chi connectivity index (χ1) is 12.3. The van der Waals surface area contributed by atoms with E-state index in [-0.39, 0.29) is 28.1 Å². The molecule has 1 atom stereocenters. The maximum Gasteiger partial charge on any atom is 0.260 e. The molecule has 1 aliphatic heterocycles. The standard InChI is InChI=1S/C18H18ClFN2O3S/c1-22(14-9-10-26(24,25)11-14)13-7-5-12(6-8-13)21-18(23)17-15(19)3-2-4-16(17)20/h2-8,14H,9-11H2,1H3,(H,21,23). The maximum atomic E-state index is 13.8. The van der Waals surface area contributed by atoms with Gasteiger partial charge in [0.25, 0.3) is 5.91 Å². The van der Waals surface area contributed by atoms with Gasteiger partial charge < -0.3 is 10.2 Å². The van der Waals surface area contributed by atoms with Crippen LogP contribution in [0, 0.1) is 5.82 Å². The lowest BCUT2D eigenvalue weighted by Gasteiger charge is -2.25. The summed E-state index contributed by atoms with van der Waals surface area (Å²) in [5.74, 6) is -0.960. The van der Waals surface area contributed by atoms with Crippen molar-refractivity contribution in [1.29, 1.82) is 0 Å². The second-order valence-electron chi connectivity index (χ2n) is 6.27. The van der Waals surface area contributed by atoms with Crippen LogP contribution >= 0.6 is 11.6 Å². The van der Waals surface area contributed by atoms with Crippen LogP contribution in [0.4, 0.5) is 15.8 Å². The highest BCUT2D eigenvalue weighted by Crippen LogP contribution is 2.25. The van der Waals surface area contributed by atoms with E-state index in [9.17, 15) is 17.6 Å². The molecule has 1 unspecified atom stereocenters. The summed E-state index contributed by atoms with van der Waals surface area (Å²) in [6, 6.07) is 10.9. The molecule has 5 nitrogen and oxygen atoms in total. The molecule has 3 rings (SSSR count). The zero-order valence-corrected chi connectivity index (χ0v) is 15.6. The van der Waals surface area contributed by atoms with Gasteiger partial charge in [-0.3, -0.25) is 4.79 Å². The van der Waals surface area contributed by atoms with E-state index in [1.54, 1.807) is 24.3 Å². The van der Waals surface area contributed by atoms with Gasteiger partial charge in [-0.05, 0) is 42.8 Å². The third kappa shape index (κ3) is 3.99. The summed E-state index contributed by atoms with van der Waals surface area (Å²) in [5, 5.41) is 2.65. The number of carbonyl (C=O) groups is 1. The highest BCUT2D eigenvalue weighted by atomic mass is 35.5. The van der Waals surface area contributed by atoms with E-state index in [0.29, 0.717) is 12.1 Å². The Morgan fingerprint density at radius 3 is 2.50 bits per heavy atom. The van der Waals surface area contributed by atoms with Crippen molar-refractivity contribution >= 4 is 38.7 Å². The normalized spacial score (nSPS) is 18.5. The Hall–Kier alpha value is -2.12. The Balaban J connectivity index is 1.71. The number of sulfone groups is 1. The molecule has 0 spiro atoms. The summed E-state index contributed by atoms with van der Waals surface area (Å²) in [6.45, 7) is 0. The number of anilines is 2. The third-order valence-electron chi connectivity index (χ3n) is 4.48. The molecule has 1 aliphatic rings. The third-order valence-corrected chi connectivity index (χ3v) is 6.54. The highest BCUT2D eigenvalue weighted by Gasteiger charge is 2.30. The van der Waals surface area contributed by atoms with E-state index in [0.717, 1.165) is 5.69 Å². The SMILES string of the molecule is CN(c1ccc(NC(=O)c2c(F)cccc2Cl)cc1)C1CCS(=O)(=O)C1. The van der Waals surface area contributed by atoms with Crippen molar-refractivity contribution in [2.75, 3.05) is 28.8 Å². The molecule has 0 saturated carbocycles. The van der Waals surface area contributed by atoms with Gasteiger partial charge in [0.2, 0.25) is 0 Å². The van der Waals surface area contributed by atoms with Crippen LogP contribution in [0.15, 0.2) is 42.5 Å². The van der Waals surface area contributed by atoms with Crippen LogP contribution in [0.2, 0.25) is 5.02 Å². The van der Waals surface area contributed by atoms with Crippen LogP contribution in [0.1, 0.15) is 16.8 Å². The summed E-state index contributed by atoms with van der Waals surface area (Å²) in [4.78, 5) is 14.2. The first kappa shape index (κ1) is 18.7. The van der Waals surface area contributed by atoms with Gasteiger partial charge in [-0.25, -0.2) is 12.8 Å². The monoisotopic (exact) mass is 396 g/mol. The quantitative estimate of drug-likeness (QED) is 0.860. The molecule has 2 aromatic rings. The van der Waals surface area contributed by atoms with Crippen LogP contribution in [0.25, 0.3) is 0 Å². The van der Waals surface area contributed by atoms with E-state index < -0.39 is 21.6 Å². The number of benzene rings is 2. The smallest absolute Gasteiger partial charge is 0.260 e. The number of hydrogen-bond donors (Lipinski definition) is 1. The van der Waals surface area contributed by atoms with E-state index in [1.807, 2.05) is 11.9 Å². The van der Waals surface area contributed by atoms with Gasteiger partial charge in [0.15, 0.2) is 9.84 Å². The molecule has 0 aliphatic carbocycles. The fourth-order valence-electron chi connectivity index (χ4n) is 2.98. The second-order valence-corrected chi connectivity index (χ2v) is 8.90. The zero-order valence-electron chi connectivity index (χ0n) is 14.1. The minimum absolute atomic E-state index is 0.0429. The predicted octanol–water partition coefficient (Wildman–Crippen LogP) is 3.35. The second kappa shape index (κ2) is 7.25. The molecule has 8 heteroatoms. The van der Waals surface area contributed by atoms with Gasteiger partial charge in [-0.2, -0.15) is 0 Å². The molecule has 1 amide bonds. The summed E-state index contributed by atoms with van der Waals surface area (Å²) in [6.07, 6.45) is 0.600. The van der Waals surface area contributed by atoms with Crippen molar-refractivity contribution in [2.24, 2.45) is 0 Å². The lowest BCUT2D eigenvalue weighted by molar-refractivity contribution is 0.102. The Morgan fingerprint density at radius 2 is 1.92 bits per heavy atom. The van der Waals surface area contributed by atoms with Crippen molar-refractivity contribution in [3.63, 3.8) is 0 Å². The summed E-state index contributed by atoms with van der Waals surface area (Å²) < 4.78 is 37.1. The molecule has 26 heavy (non-hydrogen) atoms. The minimum atomic E-state index is -2.96. The average molecular weight is 397 g/mol. The Kier molecular flexibility index (Phi) is 5.20. The minimum Gasteiger partial charge on any atom is -0.371 e. The summed E-state index contributed by atoms with van der Waals surface area (Å²) in [7, 11) is -1.11. The van der Waals surface area contributed by atoms with Crippen LogP contribution in [-0.4, -0.2) is 38.9 Å². The molecule has 2 aromatic carbocycles. The number of carbonyl (C=O) groups excluding carboxylic acids is 1. The zero-order chi connectivity index (χ0) is 18.9. The fraction of sp³-hybridized carbons (Fsp3) is 0.278. The molecule has 0 bridgehead atoms. The Bertz CT molecular complexity index is 912. The number of halogens is 2. The van der Waals surface area contributed by atoms with Crippen LogP contribution in [0.5, 0.6) is 0 Å². The van der Waals surface area contributed by atoms with E-state index >= 15 is 0 Å². The topological polar surface area (TPSA) is 66.5 Å². The van der Waals surface area contributed by atoms with Crippen molar-refractivity contribution in [3.05, 3.63) is 58.9 Å². The van der Waals surface area contributed by atoms with Crippen molar-refractivity contribution < 1.29 is 17.6 Å².